The first kappa shape index (κ1) is 31.0. The molecule has 3 rings (SSSR count). The van der Waals surface area contributed by atoms with Gasteiger partial charge in [0.2, 0.25) is 21.8 Å². The summed E-state index contributed by atoms with van der Waals surface area (Å²) < 4.78 is 32.3. The molecule has 0 aromatic heterocycles. The van der Waals surface area contributed by atoms with Crippen molar-refractivity contribution in [2.75, 3.05) is 24.2 Å². The fraction of sp³-hybridized carbons (Fsp3) is 0.333. The Bertz CT molecular complexity index is 1430. The highest BCUT2D eigenvalue weighted by Crippen LogP contribution is 2.27. The largest absolute Gasteiger partial charge is 0.497 e. The van der Waals surface area contributed by atoms with Crippen LogP contribution in [0.2, 0.25) is 5.02 Å². The normalized spacial score (nSPS) is 12.1. The van der Waals surface area contributed by atoms with Crippen molar-refractivity contribution < 1.29 is 22.7 Å². The van der Waals surface area contributed by atoms with Crippen LogP contribution in [0, 0.1) is 6.92 Å². The number of aryl methyl sites for hydroxylation is 1. The second-order valence-corrected chi connectivity index (χ2v) is 12.3. The zero-order chi connectivity index (χ0) is 29.4. The van der Waals surface area contributed by atoms with Crippen molar-refractivity contribution in [1.82, 2.24) is 10.2 Å². The first-order valence-electron chi connectivity index (χ1n) is 12.9. The highest BCUT2D eigenvalue weighted by atomic mass is 35.5. The van der Waals surface area contributed by atoms with Gasteiger partial charge in [-0.2, -0.15) is 0 Å². The van der Waals surface area contributed by atoms with Crippen LogP contribution in [-0.4, -0.2) is 57.1 Å². The van der Waals surface area contributed by atoms with Gasteiger partial charge >= 0.3 is 0 Å². The maximum atomic E-state index is 14.1. The SMILES string of the molecule is COc1cccc(CN(C(=O)CN(c2cc(Cl)ccc2C)S(C)(=O)=O)C(Cc2ccccc2)C(=O)NC(C)C)c1. The molecule has 1 N–H and O–H groups in total. The number of nitrogens with zero attached hydrogens (tertiary/aromatic N) is 2. The van der Waals surface area contributed by atoms with E-state index in [4.69, 9.17) is 16.3 Å². The number of rotatable bonds is 12. The lowest BCUT2D eigenvalue weighted by Crippen LogP contribution is -2.54. The standard InChI is InChI=1S/C30H36ClN3O5S/c1-21(2)32-30(36)28(17-23-10-7-6-8-11-23)33(19-24-12-9-13-26(16-24)39-4)29(35)20-34(40(5,37)38)27-18-25(31)15-14-22(27)3/h6-16,18,21,28H,17,19-20H2,1-5H3,(H,32,36). The molecule has 0 saturated carbocycles. The predicted octanol–water partition coefficient (Wildman–Crippen LogP) is 4.59. The molecule has 2 amide bonds. The van der Waals surface area contributed by atoms with Gasteiger partial charge in [-0.15, -0.1) is 0 Å². The first-order valence-corrected chi connectivity index (χ1v) is 15.1. The quantitative estimate of drug-likeness (QED) is 0.335. The number of ether oxygens (including phenoxy) is 1. The van der Waals surface area contributed by atoms with E-state index in [1.165, 1.54) is 11.0 Å². The summed E-state index contributed by atoms with van der Waals surface area (Å²) in [5, 5.41) is 3.27. The molecule has 8 nitrogen and oxygen atoms in total. The molecule has 0 spiro atoms. The highest BCUT2D eigenvalue weighted by molar-refractivity contribution is 7.92. The third-order valence-corrected chi connectivity index (χ3v) is 7.67. The molecule has 10 heteroatoms. The predicted molar refractivity (Wildman–Crippen MR) is 159 cm³/mol. The Morgan fingerprint density at radius 3 is 2.27 bits per heavy atom. The number of carbonyl (C=O) groups excluding carboxylic acids is 2. The van der Waals surface area contributed by atoms with Crippen LogP contribution in [0.5, 0.6) is 5.75 Å². The fourth-order valence-corrected chi connectivity index (χ4v) is 5.41. The summed E-state index contributed by atoms with van der Waals surface area (Å²) in [7, 11) is -2.34. The van der Waals surface area contributed by atoms with E-state index in [9.17, 15) is 18.0 Å². The molecule has 214 valence electrons. The van der Waals surface area contributed by atoms with E-state index in [0.29, 0.717) is 22.0 Å². The lowest BCUT2D eigenvalue weighted by molar-refractivity contribution is -0.140. The third-order valence-electron chi connectivity index (χ3n) is 6.31. The van der Waals surface area contributed by atoms with Crippen molar-refractivity contribution >= 4 is 39.1 Å². The van der Waals surface area contributed by atoms with Crippen molar-refractivity contribution in [3.63, 3.8) is 0 Å². The number of hydrogen-bond donors (Lipinski definition) is 1. The average molecular weight is 586 g/mol. The van der Waals surface area contributed by atoms with Crippen LogP contribution in [0.25, 0.3) is 0 Å². The number of benzene rings is 3. The minimum Gasteiger partial charge on any atom is -0.497 e. The fourth-order valence-electron chi connectivity index (χ4n) is 4.35. The molecule has 0 aliphatic rings. The second kappa shape index (κ2) is 13.7. The van der Waals surface area contributed by atoms with Crippen molar-refractivity contribution in [2.24, 2.45) is 0 Å². The molecule has 0 aliphatic heterocycles. The molecule has 0 radical (unpaired) electrons. The Morgan fingerprint density at radius 1 is 0.975 bits per heavy atom. The number of methoxy groups -OCH3 is 1. The summed E-state index contributed by atoms with van der Waals surface area (Å²) in [6.45, 7) is 4.99. The van der Waals surface area contributed by atoms with Crippen LogP contribution in [0.3, 0.4) is 0 Å². The summed E-state index contributed by atoms with van der Waals surface area (Å²) in [5.74, 6) is -0.268. The average Bonchev–Trinajstić information content (AvgIpc) is 2.90. The van der Waals surface area contributed by atoms with Crippen molar-refractivity contribution in [3.8, 4) is 5.75 Å². The van der Waals surface area contributed by atoms with Crippen molar-refractivity contribution in [3.05, 3.63) is 94.5 Å². The summed E-state index contributed by atoms with van der Waals surface area (Å²) in [5.41, 5.74) is 2.53. The van der Waals surface area contributed by atoms with Crippen LogP contribution in [0.1, 0.15) is 30.5 Å². The molecule has 1 atom stereocenters. The number of hydrogen-bond acceptors (Lipinski definition) is 5. The van der Waals surface area contributed by atoms with E-state index in [1.807, 2.05) is 50.2 Å². The highest BCUT2D eigenvalue weighted by Gasteiger charge is 2.33. The molecule has 3 aromatic carbocycles. The van der Waals surface area contributed by atoms with Gasteiger partial charge in [-0.05, 0) is 61.7 Å². The van der Waals surface area contributed by atoms with E-state index in [2.05, 4.69) is 5.32 Å². The molecule has 0 saturated heterocycles. The lowest BCUT2D eigenvalue weighted by atomic mass is 10.0. The van der Waals surface area contributed by atoms with Gasteiger partial charge < -0.3 is 15.0 Å². The molecular formula is C30H36ClN3O5S. The second-order valence-electron chi connectivity index (χ2n) is 9.94. The zero-order valence-electron chi connectivity index (χ0n) is 23.4. The minimum absolute atomic E-state index is 0.0607. The van der Waals surface area contributed by atoms with Crippen LogP contribution in [-0.2, 0) is 32.6 Å². The number of nitrogens with one attached hydrogen (secondary N) is 1. The third kappa shape index (κ3) is 8.47. The van der Waals surface area contributed by atoms with Crippen LogP contribution in [0.15, 0.2) is 72.8 Å². The molecule has 0 fully saturated rings. The van der Waals surface area contributed by atoms with Gasteiger partial charge in [0.1, 0.15) is 18.3 Å². The maximum Gasteiger partial charge on any atom is 0.244 e. The topological polar surface area (TPSA) is 96.0 Å². The van der Waals surface area contributed by atoms with E-state index < -0.39 is 28.5 Å². The Balaban J connectivity index is 2.09. The van der Waals surface area contributed by atoms with E-state index in [0.717, 1.165) is 21.7 Å². The zero-order valence-corrected chi connectivity index (χ0v) is 25.0. The molecule has 40 heavy (non-hydrogen) atoms. The van der Waals surface area contributed by atoms with Gasteiger partial charge in [-0.1, -0.05) is 60.1 Å². The number of halogens is 1. The van der Waals surface area contributed by atoms with E-state index in [1.54, 1.807) is 44.4 Å². The monoisotopic (exact) mass is 585 g/mol. The summed E-state index contributed by atoms with van der Waals surface area (Å²) in [4.78, 5) is 29.2. The Kier molecular flexibility index (Phi) is 10.6. The Labute approximate surface area is 241 Å². The molecule has 0 bridgehead atoms. The smallest absolute Gasteiger partial charge is 0.244 e. The van der Waals surface area contributed by atoms with Gasteiger partial charge in [0.05, 0.1) is 19.1 Å². The van der Waals surface area contributed by atoms with Gasteiger partial charge in [-0.25, -0.2) is 8.42 Å². The molecular weight excluding hydrogens is 550 g/mol. The molecule has 1 unspecified atom stereocenters. The maximum absolute atomic E-state index is 14.1. The van der Waals surface area contributed by atoms with E-state index >= 15 is 0 Å². The summed E-state index contributed by atoms with van der Waals surface area (Å²) >= 11 is 6.20. The van der Waals surface area contributed by atoms with Gasteiger partial charge in [0, 0.05) is 24.0 Å². The van der Waals surface area contributed by atoms with Gasteiger partial charge in [-0.3, -0.25) is 13.9 Å². The Morgan fingerprint density at radius 2 is 1.65 bits per heavy atom. The van der Waals surface area contributed by atoms with Crippen LogP contribution in [0.4, 0.5) is 5.69 Å². The van der Waals surface area contributed by atoms with Crippen LogP contribution >= 0.6 is 11.6 Å². The Hall–Kier alpha value is -3.56. The summed E-state index contributed by atoms with van der Waals surface area (Å²) in [6, 6.07) is 20.4. The lowest BCUT2D eigenvalue weighted by Gasteiger charge is -2.34. The van der Waals surface area contributed by atoms with Crippen LogP contribution < -0.4 is 14.4 Å². The van der Waals surface area contributed by atoms with Gasteiger partial charge in [0.25, 0.3) is 0 Å². The first-order chi connectivity index (χ1) is 18.9. The van der Waals surface area contributed by atoms with E-state index in [-0.39, 0.29) is 24.9 Å². The number of anilines is 1. The molecule has 0 heterocycles. The van der Waals surface area contributed by atoms with Crippen molar-refractivity contribution in [2.45, 2.75) is 45.8 Å². The van der Waals surface area contributed by atoms with Gasteiger partial charge in [0.15, 0.2) is 0 Å². The number of amides is 2. The molecule has 0 aliphatic carbocycles. The number of carbonyl (C=O) groups is 2. The minimum atomic E-state index is -3.89. The van der Waals surface area contributed by atoms with Crippen molar-refractivity contribution in [1.29, 1.82) is 0 Å². The summed E-state index contributed by atoms with van der Waals surface area (Å²) in [6.07, 6.45) is 1.28. The molecule has 3 aromatic rings. The number of sulfonamides is 1.